The summed E-state index contributed by atoms with van der Waals surface area (Å²) in [6, 6.07) is 10.5. The van der Waals surface area contributed by atoms with Crippen LogP contribution in [0.25, 0.3) is 0 Å². The monoisotopic (exact) mass is 488 g/mol. The van der Waals surface area contributed by atoms with Gasteiger partial charge < -0.3 is 30.5 Å². The van der Waals surface area contributed by atoms with Crippen molar-refractivity contribution in [1.82, 2.24) is 25.8 Å². The number of fused-ring (bicyclic) bond motifs is 1. The fraction of sp³-hybridized carbons (Fsp3) is 0.625. The lowest BCUT2D eigenvalue weighted by molar-refractivity contribution is -0.132. The second-order valence-corrected chi connectivity index (χ2v) is 9.59. The molecule has 1 aromatic carbocycles. The van der Waals surface area contributed by atoms with Gasteiger partial charge in [-0.1, -0.05) is 18.2 Å². The number of rotatable bonds is 8. The predicted octanol–water partition coefficient (Wildman–Crippen LogP) is 0.167. The summed E-state index contributed by atoms with van der Waals surface area (Å²) in [4.78, 5) is 32.0. The van der Waals surface area contributed by atoms with Crippen LogP contribution in [0, 0.1) is 0 Å². The molecule has 34 heavy (non-hydrogen) atoms. The largest absolute Gasteiger partial charge is 0.383 e. The summed E-state index contributed by atoms with van der Waals surface area (Å²) in [7, 11) is 1.65. The van der Waals surface area contributed by atoms with E-state index in [4.69, 9.17) is 17.0 Å². The summed E-state index contributed by atoms with van der Waals surface area (Å²) < 4.78 is 5.04. The average Bonchev–Trinajstić information content (AvgIpc) is 3.29. The standard InChI is InChI=1S/C24H36N6O3S/c1-33-14-9-25-24(34)27-18-15-21-23(32)26-16-20(30(21)17-18)7-8-22(31)29-12-10-28(11-13-29)19-5-3-2-4-6-19/h2-6,18,20-21H,7-17H2,1H3,(H,26,32)(H2,25,27,34)/t18-,20+,21-/m0/s1. The number of para-hydroxylation sites is 1. The highest BCUT2D eigenvalue weighted by atomic mass is 32.1. The van der Waals surface area contributed by atoms with Crippen LogP contribution in [0.1, 0.15) is 19.3 Å². The zero-order valence-electron chi connectivity index (χ0n) is 19.9. The number of hydrogen-bond acceptors (Lipinski definition) is 6. The minimum atomic E-state index is -0.164. The quantitative estimate of drug-likeness (QED) is 0.353. The Morgan fingerprint density at radius 3 is 2.71 bits per heavy atom. The van der Waals surface area contributed by atoms with E-state index >= 15 is 0 Å². The van der Waals surface area contributed by atoms with Gasteiger partial charge in [0.25, 0.3) is 0 Å². The molecular weight excluding hydrogens is 452 g/mol. The van der Waals surface area contributed by atoms with Crippen LogP contribution in [0.15, 0.2) is 30.3 Å². The van der Waals surface area contributed by atoms with Gasteiger partial charge in [0.2, 0.25) is 11.8 Å². The first-order chi connectivity index (χ1) is 16.5. The topological polar surface area (TPSA) is 89.2 Å². The van der Waals surface area contributed by atoms with Gasteiger partial charge in [-0.3, -0.25) is 14.5 Å². The van der Waals surface area contributed by atoms with Gasteiger partial charge in [0.05, 0.1) is 12.6 Å². The number of thiocarbonyl (C=S) groups is 1. The van der Waals surface area contributed by atoms with E-state index in [1.165, 1.54) is 5.69 Å². The number of nitrogens with zero attached hydrogens (tertiary/aromatic N) is 3. The maximum Gasteiger partial charge on any atom is 0.237 e. The van der Waals surface area contributed by atoms with Crippen LogP contribution in [0.5, 0.6) is 0 Å². The molecule has 0 saturated carbocycles. The first kappa shape index (κ1) is 24.7. The SMILES string of the molecule is COCCNC(=S)N[C@H]1C[C@H]2C(=O)NC[C@@H](CCC(=O)N3CCN(c4ccccc4)CC3)N2C1. The average molecular weight is 489 g/mol. The number of methoxy groups -OCH3 is 1. The Bertz CT molecular complexity index is 848. The summed E-state index contributed by atoms with van der Waals surface area (Å²) in [5.74, 6) is 0.278. The molecule has 3 atom stereocenters. The number of amides is 2. The number of anilines is 1. The van der Waals surface area contributed by atoms with E-state index in [2.05, 4.69) is 37.9 Å². The van der Waals surface area contributed by atoms with Gasteiger partial charge in [-0.15, -0.1) is 0 Å². The maximum atomic E-state index is 12.9. The molecule has 3 fully saturated rings. The fourth-order valence-electron chi connectivity index (χ4n) is 5.15. The predicted molar refractivity (Wildman–Crippen MR) is 136 cm³/mol. The molecule has 2 amide bonds. The Kier molecular flexibility index (Phi) is 8.58. The molecule has 3 N–H and O–H groups in total. The Balaban J connectivity index is 1.23. The zero-order chi connectivity index (χ0) is 23.9. The molecule has 3 aliphatic rings. The third-order valence-corrected chi connectivity index (χ3v) is 7.26. The Morgan fingerprint density at radius 1 is 1.21 bits per heavy atom. The Morgan fingerprint density at radius 2 is 1.97 bits per heavy atom. The van der Waals surface area contributed by atoms with Gasteiger partial charge in [0, 0.05) is 77.1 Å². The molecule has 3 saturated heterocycles. The summed E-state index contributed by atoms with van der Waals surface area (Å²) >= 11 is 5.38. The number of carbonyl (C=O) groups is 2. The van der Waals surface area contributed by atoms with Crippen LogP contribution < -0.4 is 20.9 Å². The highest BCUT2D eigenvalue weighted by molar-refractivity contribution is 7.80. The van der Waals surface area contributed by atoms with Crippen molar-refractivity contribution in [2.45, 2.75) is 37.4 Å². The van der Waals surface area contributed by atoms with E-state index in [0.717, 1.165) is 39.1 Å². The summed E-state index contributed by atoms with van der Waals surface area (Å²) in [6.45, 7) is 5.78. The Hall–Kier alpha value is -2.43. The van der Waals surface area contributed by atoms with Crippen molar-refractivity contribution in [1.29, 1.82) is 0 Å². The molecule has 0 aliphatic carbocycles. The molecule has 0 radical (unpaired) electrons. The third kappa shape index (κ3) is 6.17. The van der Waals surface area contributed by atoms with Crippen molar-refractivity contribution < 1.29 is 14.3 Å². The van der Waals surface area contributed by atoms with Crippen LogP contribution in [0.3, 0.4) is 0 Å². The van der Waals surface area contributed by atoms with Crippen molar-refractivity contribution in [2.24, 2.45) is 0 Å². The number of hydrogen-bond donors (Lipinski definition) is 3. The molecule has 3 aliphatic heterocycles. The molecule has 9 nitrogen and oxygen atoms in total. The van der Waals surface area contributed by atoms with E-state index in [1.807, 2.05) is 23.1 Å². The Labute approximate surface area is 207 Å². The van der Waals surface area contributed by atoms with Gasteiger partial charge in [0.15, 0.2) is 5.11 Å². The van der Waals surface area contributed by atoms with Gasteiger partial charge in [-0.05, 0) is 37.2 Å². The van der Waals surface area contributed by atoms with Gasteiger partial charge >= 0.3 is 0 Å². The zero-order valence-corrected chi connectivity index (χ0v) is 20.7. The second-order valence-electron chi connectivity index (χ2n) is 9.18. The van der Waals surface area contributed by atoms with Gasteiger partial charge in [0.1, 0.15) is 0 Å². The smallest absolute Gasteiger partial charge is 0.237 e. The summed E-state index contributed by atoms with van der Waals surface area (Å²) in [5, 5.41) is 10.1. The van der Waals surface area contributed by atoms with E-state index in [0.29, 0.717) is 37.7 Å². The van der Waals surface area contributed by atoms with Crippen LogP contribution >= 0.6 is 12.2 Å². The molecule has 186 valence electrons. The van der Waals surface area contributed by atoms with E-state index in [9.17, 15) is 9.59 Å². The minimum Gasteiger partial charge on any atom is -0.383 e. The molecule has 0 unspecified atom stereocenters. The fourth-order valence-corrected chi connectivity index (χ4v) is 5.42. The van der Waals surface area contributed by atoms with Crippen molar-refractivity contribution >= 4 is 34.8 Å². The lowest BCUT2D eigenvalue weighted by Crippen LogP contribution is -2.58. The first-order valence-corrected chi connectivity index (χ1v) is 12.6. The summed E-state index contributed by atoms with van der Waals surface area (Å²) in [6.07, 6.45) is 1.96. The van der Waals surface area contributed by atoms with E-state index < -0.39 is 0 Å². The lowest BCUT2D eigenvalue weighted by Gasteiger charge is -2.38. The molecule has 0 aromatic heterocycles. The van der Waals surface area contributed by atoms with Crippen molar-refractivity contribution in [2.75, 3.05) is 64.4 Å². The second kappa shape index (κ2) is 11.8. The number of ether oxygens (including phenoxy) is 1. The molecule has 1 aromatic rings. The van der Waals surface area contributed by atoms with E-state index in [1.54, 1.807) is 7.11 Å². The maximum absolute atomic E-state index is 12.9. The van der Waals surface area contributed by atoms with Crippen LogP contribution in [-0.2, 0) is 14.3 Å². The molecular formula is C24H36N6O3S. The molecule has 3 heterocycles. The summed E-state index contributed by atoms with van der Waals surface area (Å²) in [5.41, 5.74) is 1.21. The molecule has 0 spiro atoms. The number of piperazine rings is 2. The number of benzene rings is 1. The molecule has 4 rings (SSSR count). The van der Waals surface area contributed by atoms with Crippen LogP contribution in [0.4, 0.5) is 5.69 Å². The van der Waals surface area contributed by atoms with Crippen LogP contribution in [-0.4, -0.2) is 104 Å². The normalized spacial score (nSPS) is 25.0. The van der Waals surface area contributed by atoms with Crippen molar-refractivity contribution in [3.05, 3.63) is 30.3 Å². The minimum absolute atomic E-state index is 0.0715. The van der Waals surface area contributed by atoms with E-state index in [-0.39, 0.29) is 29.9 Å². The number of carbonyl (C=O) groups excluding carboxylic acids is 2. The van der Waals surface area contributed by atoms with Crippen molar-refractivity contribution in [3.8, 4) is 0 Å². The lowest BCUT2D eigenvalue weighted by atomic mass is 10.0. The molecule has 10 heteroatoms. The first-order valence-electron chi connectivity index (χ1n) is 12.2. The van der Waals surface area contributed by atoms with Gasteiger partial charge in [-0.2, -0.15) is 0 Å². The number of nitrogens with one attached hydrogen (secondary N) is 3. The highest BCUT2D eigenvalue weighted by Gasteiger charge is 2.43. The third-order valence-electron chi connectivity index (χ3n) is 7.00. The van der Waals surface area contributed by atoms with Gasteiger partial charge in [-0.25, -0.2) is 0 Å². The molecule has 0 bridgehead atoms. The highest BCUT2D eigenvalue weighted by Crippen LogP contribution is 2.26. The van der Waals surface area contributed by atoms with Crippen molar-refractivity contribution in [3.63, 3.8) is 0 Å². The van der Waals surface area contributed by atoms with Crippen LogP contribution in [0.2, 0.25) is 0 Å².